The molecule has 21 heavy (non-hydrogen) atoms. The largest absolute Gasteiger partial charge is 0.313 e. The first-order chi connectivity index (χ1) is 10.3. The smallest absolute Gasteiger partial charge is 0.0358 e. The summed E-state index contributed by atoms with van der Waals surface area (Å²) in [6.07, 6.45) is 4.65. The fourth-order valence-corrected chi connectivity index (χ4v) is 2.97. The van der Waals surface area contributed by atoms with Gasteiger partial charge in [-0.25, -0.2) is 0 Å². The van der Waals surface area contributed by atoms with E-state index in [0.717, 1.165) is 10.9 Å². The molecule has 1 atom stereocenters. The molecule has 0 aliphatic rings. The third-order valence-electron chi connectivity index (χ3n) is 3.77. The molecule has 1 unspecified atom stereocenters. The monoisotopic (exact) mass is 340 g/mol. The molecular weight excluding hydrogens is 324 g/mol. The lowest BCUT2D eigenvalue weighted by Gasteiger charge is -2.17. The predicted octanol–water partition coefficient (Wildman–Crippen LogP) is 4.50. The van der Waals surface area contributed by atoms with E-state index in [1.54, 1.807) is 0 Å². The SMILES string of the molecule is CNC(Cc1ccncc1)c1ccc2cc(Br)ccc2c1. The molecule has 0 radical (unpaired) electrons. The summed E-state index contributed by atoms with van der Waals surface area (Å²) in [4.78, 5) is 4.08. The fourth-order valence-electron chi connectivity index (χ4n) is 2.59. The molecule has 2 aromatic carbocycles. The maximum atomic E-state index is 4.08. The molecule has 2 nitrogen and oxygen atoms in total. The van der Waals surface area contributed by atoms with Gasteiger partial charge in [0.25, 0.3) is 0 Å². The Kier molecular flexibility index (Phi) is 4.32. The first-order valence-corrected chi connectivity index (χ1v) is 7.81. The van der Waals surface area contributed by atoms with Crippen LogP contribution >= 0.6 is 15.9 Å². The van der Waals surface area contributed by atoms with Crippen LogP contribution in [0.15, 0.2) is 65.4 Å². The summed E-state index contributed by atoms with van der Waals surface area (Å²) >= 11 is 3.52. The van der Waals surface area contributed by atoms with E-state index < -0.39 is 0 Å². The van der Waals surface area contributed by atoms with Crippen LogP contribution in [0.4, 0.5) is 0 Å². The lowest BCUT2D eigenvalue weighted by atomic mass is 9.97. The van der Waals surface area contributed by atoms with Gasteiger partial charge >= 0.3 is 0 Å². The molecule has 0 aliphatic heterocycles. The molecule has 3 heteroatoms. The Bertz CT molecular complexity index is 741. The van der Waals surface area contributed by atoms with E-state index in [1.165, 1.54) is 21.9 Å². The van der Waals surface area contributed by atoms with Crippen molar-refractivity contribution in [1.82, 2.24) is 10.3 Å². The van der Waals surface area contributed by atoms with Gasteiger partial charge in [-0.2, -0.15) is 0 Å². The van der Waals surface area contributed by atoms with Crippen LogP contribution < -0.4 is 5.32 Å². The zero-order valence-electron chi connectivity index (χ0n) is 11.9. The number of pyridine rings is 1. The molecule has 0 aliphatic carbocycles. The molecule has 106 valence electrons. The van der Waals surface area contributed by atoms with Gasteiger partial charge < -0.3 is 5.32 Å². The standard InChI is InChI=1S/C18H17BrN2/c1-20-18(10-13-6-8-21-9-7-13)16-3-2-15-12-17(19)5-4-14(15)11-16/h2-9,11-12,18,20H,10H2,1H3. The maximum absolute atomic E-state index is 4.08. The molecule has 0 amide bonds. The summed E-state index contributed by atoms with van der Waals surface area (Å²) in [5.74, 6) is 0. The molecule has 1 heterocycles. The number of hydrogen-bond donors (Lipinski definition) is 1. The number of hydrogen-bond acceptors (Lipinski definition) is 2. The summed E-state index contributed by atoms with van der Waals surface area (Å²) in [7, 11) is 2.01. The van der Waals surface area contributed by atoms with Gasteiger partial charge in [-0.15, -0.1) is 0 Å². The molecule has 0 spiro atoms. The molecule has 1 N–H and O–H groups in total. The third-order valence-corrected chi connectivity index (χ3v) is 4.26. The molecule has 0 saturated heterocycles. The van der Waals surface area contributed by atoms with Crippen LogP contribution in [0, 0.1) is 0 Å². The predicted molar refractivity (Wildman–Crippen MR) is 91.4 cm³/mol. The van der Waals surface area contributed by atoms with Gasteiger partial charge in [-0.3, -0.25) is 4.98 Å². The first-order valence-electron chi connectivity index (χ1n) is 7.01. The number of likely N-dealkylation sites (N-methyl/N-ethyl adjacent to an activating group) is 1. The molecule has 0 fully saturated rings. The van der Waals surface area contributed by atoms with Crippen LogP contribution in [-0.4, -0.2) is 12.0 Å². The van der Waals surface area contributed by atoms with Gasteiger partial charge in [-0.05, 0) is 65.7 Å². The molecular formula is C18H17BrN2. The summed E-state index contributed by atoms with van der Waals surface area (Å²) in [5, 5.41) is 5.94. The van der Waals surface area contributed by atoms with E-state index in [-0.39, 0.29) is 0 Å². The van der Waals surface area contributed by atoms with Crippen LogP contribution in [0.1, 0.15) is 17.2 Å². The van der Waals surface area contributed by atoms with E-state index in [1.807, 2.05) is 19.4 Å². The molecule has 3 aromatic rings. The van der Waals surface area contributed by atoms with Crippen molar-refractivity contribution in [3.8, 4) is 0 Å². The van der Waals surface area contributed by atoms with Gasteiger partial charge in [0.05, 0.1) is 0 Å². The minimum absolute atomic E-state index is 0.306. The van der Waals surface area contributed by atoms with Crippen molar-refractivity contribution in [3.63, 3.8) is 0 Å². The summed E-state index contributed by atoms with van der Waals surface area (Å²) < 4.78 is 1.12. The van der Waals surface area contributed by atoms with E-state index >= 15 is 0 Å². The van der Waals surface area contributed by atoms with Crippen LogP contribution in [0.3, 0.4) is 0 Å². The Balaban J connectivity index is 1.91. The van der Waals surface area contributed by atoms with Gasteiger partial charge in [0, 0.05) is 22.9 Å². The first kappa shape index (κ1) is 14.2. The van der Waals surface area contributed by atoms with E-state index in [9.17, 15) is 0 Å². The lowest BCUT2D eigenvalue weighted by Crippen LogP contribution is -2.18. The zero-order valence-corrected chi connectivity index (χ0v) is 13.5. The Morgan fingerprint density at radius 3 is 2.48 bits per heavy atom. The van der Waals surface area contributed by atoms with Gasteiger partial charge in [0.2, 0.25) is 0 Å². The second-order valence-electron chi connectivity index (χ2n) is 5.15. The number of nitrogens with one attached hydrogen (secondary N) is 1. The highest BCUT2D eigenvalue weighted by Crippen LogP contribution is 2.25. The average Bonchev–Trinajstić information content (AvgIpc) is 2.53. The highest BCUT2D eigenvalue weighted by atomic mass is 79.9. The van der Waals surface area contributed by atoms with E-state index in [0.29, 0.717) is 6.04 Å². The van der Waals surface area contributed by atoms with Crippen molar-refractivity contribution < 1.29 is 0 Å². The van der Waals surface area contributed by atoms with E-state index in [2.05, 4.69) is 74.8 Å². The van der Waals surface area contributed by atoms with Crippen molar-refractivity contribution in [2.75, 3.05) is 7.05 Å². The minimum atomic E-state index is 0.306. The Labute approximate surface area is 133 Å². The van der Waals surface area contributed by atoms with Crippen LogP contribution in [0.5, 0.6) is 0 Å². The zero-order chi connectivity index (χ0) is 14.7. The number of benzene rings is 2. The van der Waals surface area contributed by atoms with Crippen LogP contribution in [-0.2, 0) is 6.42 Å². The van der Waals surface area contributed by atoms with Crippen LogP contribution in [0.2, 0.25) is 0 Å². The summed E-state index contributed by atoms with van der Waals surface area (Å²) in [5.41, 5.74) is 2.60. The maximum Gasteiger partial charge on any atom is 0.0358 e. The normalized spacial score (nSPS) is 12.5. The van der Waals surface area contributed by atoms with Crippen LogP contribution in [0.25, 0.3) is 10.8 Å². The van der Waals surface area contributed by atoms with Crippen molar-refractivity contribution in [1.29, 1.82) is 0 Å². The second-order valence-corrected chi connectivity index (χ2v) is 6.07. The average molecular weight is 341 g/mol. The quantitative estimate of drug-likeness (QED) is 0.756. The summed E-state index contributed by atoms with van der Waals surface area (Å²) in [6, 6.07) is 17.5. The molecule has 0 saturated carbocycles. The number of rotatable bonds is 4. The lowest BCUT2D eigenvalue weighted by molar-refractivity contribution is 0.592. The van der Waals surface area contributed by atoms with Crippen molar-refractivity contribution >= 4 is 26.7 Å². The van der Waals surface area contributed by atoms with Crippen molar-refractivity contribution in [2.45, 2.75) is 12.5 Å². The molecule has 0 bridgehead atoms. The Hall–Kier alpha value is -1.71. The molecule has 3 rings (SSSR count). The highest BCUT2D eigenvalue weighted by molar-refractivity contribution is 9.10. The number of fused-ring (bicyclic) bond motifs is 1. The third kappa shape index (κ3) is 3.31. The van der Waals surface area contributed by atoms with Gasteiger partial charge in [0.15, 0.2) is 0 Å². The topological polar surface area (TPSA) is 24.9 Å². The number of nitrogens with zero attached hydrogens (tertiary/aromatic N) is 1. The number of aromatic nitrogens is 1. The van der Waals surface area contributed by atoms with Crippen molar-refractivity contribution in [2.24, 2.45) is 0 Å². The van der Waals surface area contributed by atoms with E-state index in [4.69, 9.17) is 0 Å². The molecule has 1 aromatic heterocycles. The van der Waals surface area contributed by atoms with Gasteiger partial charge in [0.1, 0.15) is 0 Å². The second kappa shape index (κ2) is 6.37. The Morgan fingerprint density at radius 1 is 1.00 bits per heavy atom. The van der Waals surface area contributed by atoms with Crippen molar-refractivity contribution in [3.05, 3.63) is 76.5 Å². The summed E-state index contributed by atoms with van der Waals surface area (Å²) in [6.45, 7) is 0. The minimum Gasteiger partial charge on any atom is -0.313 e. The number of halogens is 1. The van der Waals surface area contributed by atoms with Gasteiger partial charge in [-0.1, -0.05) is 34.1 Å². The highest BCUT2D eigenvalue weighted by Gasteiger charge is 2.10. The Morgan fingerprint density at radius 2 is 1.71 bits per heavy atom. The fraction of sp³-hybridized carbons (Fsp3) is 0.167.